The SMILES string of the molecule is c1ccc(-n2c3ccccc3c3cc(-c4cccc(-c5cnc6c(n5)c5ccccc5c5nc(-c7cccc(-c8ccc9c(c8)c8ccc(-c%10cccc(-c%11cnc%12c(n%11)c%11ccccc%11c%11nc(-c%13ccc%14c%15ccccc%15c%15ccccc%15c%14c%13)cnc%11%12)c%10)cc8n9-c8ccccc8)c7)cnc56)c4)ccc32)cc1. The van der Waals surface area contributed by atoms with Crippen molar-refractivity contribution in [1.82, 2.24) is 49.0 Å². The molecule has 110 heavy (non-hydrogen) atoms. The van der Waals surface area contributed by atoms with Crippen LogP contribution in [-0.2, 0) is 0 Å². The fourth-order valence-corrected chi connectivity index (χ4v) is 17.2. The number of hydrogen-bond donors (Lipinski definition) is 0. The molecule has 0 amide bonds. The first kappa shape index (κ1) is 61.3. The number of aromatic nitrogens is 10. The summed E-state index contributed by atoms with van der Waals surface area (Å²) in [6, 6.07) is 117. The predicted molar refractivity (Wildman–Crippen MR) is 453 cm³/mol. The first-order valence-electron chi connectivity index (χ1n) is 37.1. The number of nitrogens with zero attached hydrogens (tertiary/aromatic N) is 10. The van der Waals surface area contributed by atoms with Gasteiger partial charge in [0.2, 0.25) is 0 Å². The summed E-state index contributed by atoms with van der Waals surface area (Å²) in [5, 5.41) is 16.0. The largest absolute Gasteiger partial charge is 0.309 e. The lowest BCUT2D eigenvalue weighted by molar-refractivity contribution is 1.18. The molecular formula is C100H58N10. The van der Waals surface area contributed by atoms with E-state index in [0.717, 1.165) is 161 Å². The summed E-state index contributed by atoms with van der Waals surface area (Å²) in [6.07, 6.45) is 7.52. The van der Waals surface area contributed by atoms with Crippen LogP contribution >= 0.6 is 0 Å². The zero-order valence-electron chi connectivity index (χ0n) is 59.0. The highest BCUT2D eigenvalue weighted by Gasteiger charge is 2.23. The fraction of sp³-hybridized carbons (Fsp3) is 0. The van der Waals surface area contributed by atoms with Crippen LogP contribution in [0.1, 0.15) is 0 Å². The maximum absolute atomic E-state index is 5.44. The standard InChI is InChI=1S/C100H58N10/c1-3-26-69(27-4-1)109-89-39-16-15-34-76(89)83-51-62(42-46-90(83)109)59-20-17-23-65(48-59)85-55-101-97-93(105-85)78-35-11-12-36-79(78)94-98(97)102-56-86(106-94)66-24-18-21-60(49-66)63-43-47-91-84(52-63)77-45-40-64(54-92(77)110(91)70-28-5-2-6-29-70)61-22-19-25-67(50-61)87-57-103-99-95(107-87)80-37-13-14-38-81(80)96-100(99)104-58-88(108-96)68-41-44-75-73-32-8-7-30-71(73)72-31-9-10-33-74(72)82(75)53-68/h1-58H. The summed E-state index contributed by atoms with van der Waals surface area (Å²) in [6.45, 7) is 0. The summed E-state index contributed by atoms with van der Waals surface area (Å²) in [7, 11) is 0. The van der Waals surface area contributed by atoms with Crippen LogP contribution in [0.5, 0.6) is 0 Å². The lowest BCUT2D eigenvalue weighted by Crippen LogP contribution is -1.96. The number of benzene rings is 17. The second kappa shape index (κ2) is 24.3. The van der Waals surface area contributed by atoms with Gasteiger partial charge in [0, 0.05) is 76.7 Å². The molecule has 0 atom stereocenters. The van der Waals surface area contributed by atoms with Gasteiger partial charge in [-0.2, -0.15) is 0 Å². The summed E-state index contributed by atoms with van der Waals surface area (Å²) >= 11 is 0. The van der Waals surface area contributed by atoms with E-state index in [1.807, 2.05) is 24.8 Å². The van der Waals surface area contributed by atoms with E-state index in [0.29, 0.717) is 16.6 Å². The molecule has 0 fully saturated rings. The second-order valence-electron chi connectivity index (χ2n) is 28.5. The van der Waals surface area contributed by atoms with Crippen molar-refractivity contribution in [3.63, 3.8) is 0 Å². The Kier molecular flexibility index (Phi) is 13.5. The molecule has 0 aliphatic heterocycles. The molecule has 0 aliphatic carbocycles. The van der Waals surface area contributed by atoms with Gasteiger partial charge in [0.25, 0.3) is 0 Å². The molecule has 6 aromatic heterocycles. The molecule has 17 aromatic carbocycles. The van der Waals surface area contributed by atoms with Gasteiger partial charge >= 0.3 is 0 Å². The molecule has 0 unspecified atom stereocenters. The average molecular weight is 1400 g/mol. The van der Waals surface area contributed by atoms with E-state index in [1.54, 1.807) is 0 Å². The summed E-state index contributed by atoms with van der Waals surface area (Å²) < 4.78 is 4.73. The molecular weight excluding hydrogens is 1340 g/mol. The van der Waals surface area contributed by atoms with Crippen LogP contribution in [0.3, 0.4) is 0 Å². The molecule has 10 nitrogen and oxygen atoms in total. The van der Waals surface area contributed by atoms with E-state index < -0.39 is 0 Å². The van der Waals surface area contributed by atoms with Crippen LogP contribution in [-0.4, -0.2) is 49.0 Å². The van der Waals surface area contributed by atoms with Gasteiger partial charge in [-0.1, -0.05) is 243 Å². The normalized spacial score (nSPS) is 12.0. The number of fused-ring (bicyclic) bond motifs is 24. The van der Waals surface area contributed by atoms with Crippen molar-refractivity contribution in [3.8, 4) is 89.8 Å². The second-order valence-corrected chi connectivity index (χ2v) is 28.5. The molecule has 0 saturated heterocycles. The topological polar surface area (TPSA) is 113 Å². The van der Waals surface area contributed by atoms with Gasteiger partial charge in [-0.25, -0.2) is 39.9 Å². The Balaban J connectivity index is 0.563. The van der Waals surface area contributed by atoms with Crippen LogP contribution < -0.4 is 0 Å². The molecule has 0 saturated carbocycles. The Morgan fingerprint density at radius 3 is 0.855 bits per heavy atom. The van der Waals surface area contributed by atoms with Gasteiger partial charge in [0.15, 0.2) is 0 Å². The Hall–Kier alpha value is -15.0. The van der Waals surface area contributed by atoms with Crippen molar-refractivity contribution in [2.75, 3.05) is 0 Å². The highest BCUT2D eigenvalue weighted by Crippen LogP contribution is 2.44. The smallest absolute Gasteiger partial charge is 0.117 e. The Morgan fingerprint density at radius 2 is 0.427 bits per heavy atom. The monoisotopic (exact) mass is 1400 g/mol. The van der Waals surface area contributed by atoms with Crippen molar-refractivity contribution in [2.24, 2.45) is 0 Å². The van der Waals surface area contributed by atoms with Gasteiger partial charge in [-0.3, -0.25) is 0 Å². The minimum Gasteiger partial charge on any atom is -0.309 e. The van der Waals surface area contributed by atoms with Gasteiger partial charge < -0.3 is 9.13 Å². The van der Waals surface area contributed by atoms with Crippen molar-refractivity contribution in [2.45, 2.75) is 0 Å². The van der Waals surface area contributed by atoms with Crippen molar-refractivity contribution < 1.29 is 0 Å². The lowest BCUT2D eigenvalue weighted by Gasteiger charge is -2.13. The minimum absolute atomic E-state index is 0.708. The molecule has 0 spiro atoms. The maximum atomic E-state index is 5.44. The van der Waals surface area contributed by atoms with Crippen LogP contribution in [0.15, 0.2) is 352 Å². The zero-order valence-corrected chi connectivity index (χ0v) is 59.0. The molecule has 0 N–H and O–H groups in total. The van der Waals surface area contributed by atoms with Crippen molar-refractivity contribution in [1.29, 1.82) is 0 Å². The summed E-state index contributed by atoms with van der Waals surface area (Å²) in [5.74, 6) is 0. The third kappa shape index (κ3) is 9.62. The maximum Gasteiger partial charge on any atom is 0.117 e. The zero-order chi connectivity index (χ0) is 72.1. The Labute approximate surface area is 628 Å². The van der Waals surface area contributed by atoms with Gasteiger partial charge in [0.05, 0.1) is 91.7 Å². The van der Waals surface area contributed by atoms with E-state index in [-0.39, 0.29) is 0 Å². The summed E-state index contributed by atoms with van der Waals surface area (Å²) in [5.41, 5.74) is 26.4. The molecule has 10 heteroatoms. The molecule has 508 valence electrons. The van der Waals surface area contributed by atoms with E-state index in [9.17, 15) is 0 Å². The molecule has 23 rings (SSSR count). The van der Waals surface area contributed by atoms with Crippen LogP contribution in [0.2, 0.25) is 0 Å². The van der Waals surface area contributed by atoms with Crippen LogP contribution in [0, 0.1) is 0 Å². The lowest BCUT2D eigenvalue weighted by atomic mass is 9.93. The molecule has 0 bridgehead atoms. The highest BCUT2D eigenvalue weighted by molar-refractivity contribution is 6.27. The highest BCUT2D eigenvalue weighted by atomic mass is 15.0. The molecule has 23 aromatic rings. The molecule has 0 aliphatic rings. The quantitative estimate of drug-likeness (QED) is 0.131. The van der Waals surface area contributed by atoms with Crippen LogP contribution in [0.4, 0.5) is 0 Å². The predicted octanol–water partition coefficient (Wildman–Crippen LogP) is 25.1. The molecule has 0 radical (unpaired) electrons. The third-order valence-electron chi connectivity index (χ3n) is 22.4. The number of hydrogen-bond acceptors (Lipinski definition) is 8. The van der Waals surface area contributed by atoms with Gasteiger partial charge in [0.1, 0.15) is 22.1 Å². The Bertz CT molecular complexity index is 7780. The van der Waals surface area contributed by atoms with Crippen LogP contribution in [0.25, 0.3) is 231 Å². The number of rotatable bonds is 9. The fourth-order valence-electron chi connectivity index (χ4n) is 17.2. The summed E-state index contributed by atoms with van der Waals surface area (Å²) in [4.78, 5) is 42.4. The first-order chi connectivity index (χ1) is 54.5. The van der Waals surface area contributed by atoms with E-state index in [1.165, 1.54) is 54.1 Å². The van der Waals surface area contributed by atoms with E-state index >= 15 is 0 Å². The van der Waals surface area contributed by atoms with Gasteiger partial charge in [-0.15, -0.1) is 0 Å². The number of para-hydroxylation sites is 3. The minimum atomic E-state index is 0.708. The van der Waals surface area contributed by atoms with E-state index in [2.05, 4.69) is 337 Å². The van der Waals surface area contributed by atoms with Gasteiger partial charge in [-0.05, 0) is 151 Å². The Morgan fingerprint density at radius 1 is 0.155 bits per heavy atom. The third-order valence-corrected chi connectivity index (χ3v) is 22.4. The molecule has 6 heterocycles. The first-order valence-corrected chi connectivity index (χ1v) is 37.1. The van der Waals surface area contributed by atoms with E-state index in [4.69, 9.17) is 39.9 Å². The average Bonchev–Trinajstić information content (AvgIpc) is 0.771. The van der Waals surface area contributed by atoms with Crippen molar-refractivity contribution >= 4 is 142 Å². The van der Waals surface area contributed by atoms with Crippen molar-refractivity contribution in [3.05, 3.63) is 352 Å².